The van der Waals surface area contributed by atoms with Crippen LogP contribution in [0, 0.1) is 5.92 Å². The highest BCUT2D eigenvalue weighted by Crippen LogP contribution is 2.25. The van der Waals surface area contributed by atoms with E-state index in [4.69, 9.17) is 4.74 Å². The quantitative estimate of drug-likeness (QED) is 0.830. The molecule has 4 heteroatoms. The van der Waals surface area contributed by atoms with Gasteiger partial charge in [-0.3, -0.25) is 9.78 Å². The van der Waals surface area contributed by atoms with Crippen LogP contribution in [0.3, 0.4) is 0 Å². The summed E-state index contributed by atoms with van der Waals surface area (Å²) in [5.41, 5.74) is 3.35. The number of rotatable bonds is 7. The summed E-state index contributed by atoms with van der Waals surface area (Å²) in [6, 6.07) is 12.2. The topological polar surface area (TPSA) is 51.2 Å². The molecule has 0 fully saturated rings. The molecule has 0 saturated carbocycles. The van der Waals surface area contributed by atoms with Gasteiger partial charge in [-0.15, -0.1) is 0 Å². The van der Waals surface area contributed by atoms with Crippen molar-refractivity contribution in [3.05, 3.63) is 53.9 Å². The van der Waals surface area contributed by atoms with Gasteiger partial charge < -0.3 is 10.1 Å². The zero-order chi connectivity index (χ0) is 18.4. The summed E-state index contributed by atoms with van der Waals surface area (Å²) in [7, 11) is 1.69. The van der Waals surface area contributed by atoms with Crippen molar-refractivity contribution in [3.63, 3.8) is 0 Å². The SMILES string of the molecule is COCc1cccc(-c2ccc(C(C)(C)C(=O)NCC(C)C)nc2)c1. The van der Waals surface area contributed by atoms with E-state index < -0.39 is 5.41 Å². The number of ether oxygens (including phenoxy) is 1. The monoisotopic (exact) mass is 340 g/mol. The van der Waals surface area contributed by atoms with Gasteiger partial charge in [0.15, 0.2) is 0 Å². The first-order valence-corrected chi connectivity index (χ1v) is 8.67. The van der Waals surface area contributed by atoms with E-state index in [9.17, 15) is 4.79 Å². The lowest BCUT2D eigenvalue weighted by Gasteiger charge is -2.24. The highest BCUT2D eigenvalue weighted by Gasteiger charge is 2.31. The zero-order valence-electron chi connectivity index (χ0n) is 15.8. The third kappa shape index (κ3) is 4.89. The minimum atomic E-state index is -0.661. The Bertz CT molecular complexity index is 706. The number of hydrogen-bond donors (Lipinski definition) is 1. The van der Waals surface area contributed by atoms with E-state index in [-0.39, 0.29) is 5.91 Å². The summed E-state index contributed by atoms with van der Waals surface area (Å²) in [4.78, 5) is 17.0. The Labute approximate surface area is 150 Å². The Morgan fingerprint density at radius 1 is 1.20 bits per heavy atom. The molecule has 0 aliphatic heterocycles. The van der Waals surface area contributed by atoms with E-state index >= 15 is 0 Å². The number of aromatic nitrogens is 1. The van der Waals surface area contributed by atoms with Gasteiger partial charge in [-0.2, -0.15) is 0 Å². The van der Waals surface area contributed by atoms with Gasteiger partial charge >= 0.3 is 0 Å². The molecule has 2 aromatic rings. The summed E-state index contributed by atoms with van der Waals surface area (Å²) in [5.74, 6) is 0.429. The molecule has 0 aliphatic carbocycles. The molecule has 1 N–H and O–H groups in total. The van der Waals surface area contributed by atoms with Crippen LogP contribution in [0.4, 0.5) is 0 Å². The summed E-state index contributed by atoms with van der Waals surface area (Å²) >= 11 is 0. The van der Waals surface area contributed by atoms with Crippen molar-refractivity contribution in [2.75, 3.05) is 13.7 Å². The molecule has 25 heavy (non-hydrogen) atoms. The molecule has 134 valence electrons. The Balaban J connectivity index is 2.18. The minimum absolute atomic E-state index is 0.00328. The lowest BCUT2D eigenvalue weighted by Crippen LogP contribution is -2.42. The maximum absolute atomic E-state index is 12.5. The van der Waals surface area contributed by atoms with Gasteiger partial charge in [-0.05, 0) is 43.0 Å². The molecule has 0 radical (unpaired) electrons. The second-order valence-corrected chi connectivity index (χ2v) is 7.29. The largest absolute Gasteiger partial charge is 0.380 e. The molecule has 1 heterocycles. The number of amides is 1. The number of methoxy groups -OCH3 is 1. The van der Waals surface area contributed by atoms with Crippen molar-refractivity contribution < 1.29 is 9.53 Å². The highest BCUT2D eigenvalue weighted by molar-refractivity contribution is 5.86. The molecule has 1 aromatic heterocycles. The van der Waals surface area contributed by atoms with Gasteiger partial charge in [0.25, 0.3) is 0 Å². The van der Waals surface area contributed by atoms with E-state index in [0.717, 1.165) is 22.4 Å². The third-order valence-corrected chi connectivity index (χ3v) is 4.21. The average Bonchev–Trinajstić information content (AvgIpc) is 2.60. The molecule has 0 bridgehead atoms. The standard InChI is InChI=1S/C21H28N2O2/c1-15(2)12-23-20(24)21(3,4)19-10-9-18(13-22-19)17-8-6-7-16(11-17)14-25-5/h6-11,13,15H,12,14H2,1-5H3,(H,23,24). The number of pyridine rings is 1. The lowest BCUT2D eigenvalue weighted by atomic mass is 9.87. The molecular weight excluding hydrogens is 312 g/mol. The fraction of sp³-hybridized carbons (Fsp3) is 0.429. The molecule has 0 unspecified atom stereocenters. The molecule has 0 spiro atoms. The Morgan fingerprint density at radius 2 is 1.96 bits per heavy atom. The fourth-order valence-corrected chi connectivity index (χ4v) is 2.58. The summed E-state index contributed by atoms with van der Waals surface area (Å²) in [6.45, 7) is 9.23. The number of benzene rings is 1. The molecular formula is C21H28N2O2. The Kier molecular flexibility index (Phi) is 6.32. The lowest BCUT2D eigenvalue weighted by molar-refractivity contribution is -0.125. The van der Waals surface area contributed by atoms with E-state index in [1.54, 1.807) is 7.11 Å². The van der Waals surface area contributed by atoms with Gasteiger partial charge in [-0.1, -0.05) is 38.1 Å². The minimum Gasteiger partial charge on any atom is -0.380 e. The first kappa shape index (κ1) is 19.1. The summed E-state index contributed by atoms with van der Waals surface area (Å²) in [6.07, 6.45) is 1.83. The smallest absolute Gasteiger partial charge is 0.231 e. The predicted octanol–water partition coefficient (Wildman–Crippen LogP) is 3.94. The number of carbonyl (C=O) groups excluding carboxylic acids is 1. The molecule has 2 rings (SSSR count). The Morgan fingerprint density at radius 3 is 2.56 bits per heavy atom. The van der Waals surface area contributed by atoms with Crippen LogP contribution in [0.5, 0.6) is 0 Å². The van der Waals surface area contributed by atoms with Gasteiger partial charge in [0, 0.05) is 25.4 Å². The predicted molar refractivity (Wildman–Crippen MR) is 101 cm³/mol. The van der Waals surface area contributed by atoms with Crippen LogP contribution in [0.2, 0.25) is 0 Å². The molecule has 0 aliphatic rings. The van der Waals surface area contributed by atoms with Gasteiger partial charge in [0.1, 0.15) is 0 Å². The highest BCUT2D eigenvalue weighted by atomic mass is 16.5. The first-order valence-electron chi connectivity index (χ1n) is 8.67. The first-order chi connectivity index (χ1) is 11.8. The van der Waals surface area contributed by atoms with Gasteiger partial charge in [-0.25, -0.2) is 0 Å². The maximum atomic E-state index is 12.5. The normalized spacial score (nSPS) is 11.6. The van der Waals surface area contributed by atoms with Crippen molar-refractivity contribution in [3.8, 4) is 11.1 Å². The van der Waals surface area contributed by atoms with Crippen molar-refractivity contribution in [1.82, 2.24) is 10.3 Å². The summed E-state index contributed by atoms with van der Waals surface area (Å²) in [5, 5.41) is 3.00. The van der Waals surface area contributed by atoms with E-state index in [2.05, 4.69) is 36.3 Å². The molecule has 1 aromatic carbocycles. The molecule has 4 nitrogen and oxygen atoms in total. The third-order valence-electron chi connectivity index (χ3n) is 4.21. The fourth-order valence-electron chi connectivity index (χ4n) is 2.58. The van der Waals surface area contributed by atoms with Crippen LogP contribution in [-0.2, 0) is 21.6 Å². The maximum Gasteiger partial charge on any atom is 0.231 e. The zero-order valence-corrected chi connectivity index (χ0v) is 15.8. The van der Waals surface area contributed by atoms with Crippen molar-refractivity contribution >= 4 is 5.91 Å². The number of nitrogens with one attached hydrogen (secondary N) is 1. The van der Waals surface area contributed by atoms with Crippen LogP contribution < -0.4 is 5.32 Å². The van der Waals surface area contributed by atoms with Crippen LogP contribution in [0.15, 0.2) is 42.6 Å². The molecule has 0 atom stereocenters. The van der Waals surface area contributed by atoms with E-state index in [1.807, 2.05) is 44.3 Å². The number of hydrogen-bond acceptors (Lipinski definition) is 3. The average molecular weight is 340 g/mol. The van der Waals surface area contributed by atoms with Crippen LogP contribution in [0.25, 0.3) is 11.1 Å². The molecule has 1 amide bonds. The van der Waals surface area contributed by atoms with Crippen molar-refractivity contribution in [2.24, 2.45) is 5.92 Å². The van der Waals surface area contributed by atoms with E-state index in [0.29, 0.717) is 19.1 Å². The van der Waals surface area contributed by atoms with Gasteiger partial charge in [0.2, 0.25) is 5.91 Å². The molecule has 0 saturated heterocycles. The Hall–Kier alpha value is -2.20. The number of nitrogens with zero attached hydrogens (tertiary/aromatic N) is 1. The number of carbonyl (C=O) groups is 1. The van der Waals surface area contributed by atoms with Crippen LogP contribution >= 0.6 is 0 Å². The van der Waals surface area contributed by atoms with Gasteiger partial charge in [0.05, 0.1) is 17.7 Å². The van der Waals surface area contributed by atoms with Crippen LogP contribution in [-0.4, -0.2) is 24.5 Å². The van der Waals surface area contributed by atoms with Crippen molar-refractivity contribution in [1.29, 1.82) is 0 Å². The second kappa shape index (κ2) is 8.26. The summed E-state index contributed by atoms with van der Waals surface area (Å²) < 4.78 is 5.19. The second-order valence-electron chi connectivity index (χ2n) is 7.29. The van der Waals surface area contributed by atoms with Crippen LogP contribution in [0.1, 0.15) is 39.0 Å². The van der Waals surface area contributed by atoms with E-state index in [1.165, 1.54) is 0 Å². The van der Waals surface area contributed by atoms with Crippen molar-refractivity contribution in [2.45, 2.75) is 39.7 Å².